The molecule has 0 saturated carbocycles. The van der Waals surface area contributed by atoms with Gasteiger partial charge in [0.15, 0.2) is 0 Å². The molecular formula is C15H16FN3. The molecule has 1 aromatic heterocycles. The van der Waals surface area contributed by atoms with Gasteiger partial charge < -0.3 is 5.32 Å². The highest BCUT2D eigenvalue weighted by Crippen LogP contribution is 2.22. The Morgan fingerprint density at radius 1 is 1.21 bits per heavy atom. The first kappa shape index (κ1) is 14.7. The van der Waals surface area contributed by atoms with Gasteiger partial charge in [-0.2, -0.15) is 5.26 Å². The maximum absolute atomic E-state index is 13.6. The summed E-state index contributed by atoms with van der Waals surface area (Å²) in [6.45, 7) is 5.82. The standard InChI is InChI=1S/C13H10FN3.C2H6/c1-9-2-3-12(11(14)6-9)17-13-8-16-5-4-10(13)7-15;1-2/h2-6,8,17H,1H3;1-2H3. The van der Waals surface area contributed by atoms with Gasteiger partial charge in [-0.25, -0.2) is 4.39 Å². The van der Waals surface area contributed by atoms with Crippen molar-refractivity contribution in [1.29, 1.82) is 5.26 Å². The van der Waals surface area contributed by atoms with Crippen LogP contribution in [0.25, 0.3) is 0 Å². The number of halogens is 1. The molecule has 4 heteroatoms. The molecule has 19 heavy (non-hydrogen) atoms. The van der Waals surface area contributed by atoms with Gasteiger partial charge in [-0.3, -0.25) is 4.98 Å². The summed E-state index contributed by atoms with van der Waals surface area (Å²) < 4.78 is 13.6. The van der Waals surface area contributed by atoms with Crippen LogP contribution >= 0.6 is 0 Å². The maximum Gasteiger partial charge on any atom is 0.146 e. The summed E-state index contributed by atoms with van der Waals surface area (Å²) in [4.78, 5) is 3.90. The highest BCUT2D eigenvalue weighted by Gasteiger charge is 2.05. The van der Waals surface area contributed by atoms with E-state index < -0.39 is 0 Å². The Morgan fingerprint density at radius 3 is 2.58 bits per heavy atom. The fourth-order valence-electron chi connectivity index (χ4n) is 1.46. The van der Waals surface area contributed by atoms with E-state index in [0.717, 1.165) is 5.56 Å². The van der Waals surface area contributed by atoms with Crippen LogP contribution in [0.1, 0.15) is 25.0 Å². The second kappa shape index (κ2) is 7.12. The van der Waals surface area contributed by atoms with Crippen molar-refractivity contribution in [2.75, 3.05) is 5.32 Å². The highest BCUT2D eigenvalue weighted by molar-refractivity contribution is 5.65. The van der Waals surface area contributed by atoms with Crippen molar-refractivity contribution in [3.05, 3.63) is 53.6 Å². The van der Waals surface area contributed by atoms with Crippen LogP contribution < -0.4 is 5.32 Å². The van der Waals surface area contributed by atoms with Crippen molar-refractivity contribution in [1.82, 2.24) is 4.98 Å². The molecule has 0 spiro atoms. The predicted molar refractivity (Wildman–Crippen MR) is 74.7 cm³/mol. The molecule has 2 rings (SSSR count). The van der Waals surface area contributed by atoms with Gasteiger partial charge in [0.05, 0.1) is 23.1 Å². The van der Waals surface area contributed by atoms with Crippen LogP contribution in [0.5, 0.6) is 0 Å². The van der Waals surface area contributed by atoms with Crippen molar-refractivity contribution >= 4 is 11.4 Å². The Bertz CT molecular complexity index is 588. The van der Waals surface area contributed by atoms with Gasteiger partial charge in [-0.15, -0.1) is 0 Å². The van der Waals surface area contributed by atoms with Gasteiger partial charge in [0.25, 0.3) is 0 Å². The molecule has 0 atom stereocenters. The molecule has 0 aliphatic rings. The third kappa shape index (κ3) is 3.78. The van der Waals surface area contributed by atoms with E-state index in [1.54, 1.807) is 18.2 Å². The molecule has 1 aromatic carbocycles. The summed E-state index contributed by atoms with van der Waals surface area (Å²) in [5.74, 6) is -0.349. The first-order valence-corrected chi connectivity index (χ1v) is 6.08. The van der Waals surface area contributed by atoms with Crippen LogP contribution in [0, 0.1) is 24.1 Å². The van der Waals surface area contributed by atoms with E-state index in [4.69, 9.17) is 5.26 Å². The lowest BCUT2D eigenvalue weighted by Gasteiger charge is -2.08. The number of aryl methyl sites for hydroxylation is 1. The minimum atomic E-state index is -0.349. The third-order valence-electron chi connectivity index (χ3n) is 2.34. The Hall–Kier alpha value is -2.41. The normalized spacial score (nSPS) is 9.00. The second-order valence-electron chi connectivity index (χ2n) is 3.64. The summed E-state index contributed by atoms with van der Waals surface area (Å²) in [5.41, 5.74) is 2.11. The molecule has 0 fully saturated rings. The molecule has 0 aliphatic heterocycles. The van der Waals surface area contributed by atoms with Crippen molar-refractivity contribution in [2.45, 2.75) is 20.8 Å². The molecule has 1 N–H and O–H groups in total. The number of nitriles is 1. The SMILES string of the molecule is CC.Cc1ccc(Nc2cnccc2C#N)c(F)c1. The summed E-state index contributed by atoms with van der Waals surface area (Å²) in [7, 11) is 0. The number of rotatable bonds is 2. The molecule has 98 valence electrons. The number of nitrogens with zero attached hydrogens (tertiary/aromatic N) is 2. The van der Waals surface area contributed by atoms with Gasteiger partial charge in [0, 0.05) is 6.20 Å². The zero-order valence-corrected chi connectivity index (χ0v) is 11.2. The number of hydrogen-bond acceptors (Lipinski definition) is 3. The predicted octanol–water partition coefficient (Wildman–Crippen LogP) is 4.17. The van der Waals surface area contributed by atoms with E-state index in [-0.39, 0.29) is 5.82 Å². The van der Waals surface area contributed by atoms with Crippen LogP contribution in [-0.2, 0) is 0 Å². The molecule has 0 radical (unpaired) electrons. The third-order valence-corrected chi connectivity index (χ3v) is 2.34. The fraction of sp³-hybridized carbons (Fsp3) is 0.200. The topological polar surface area (TPSA) is 48.7 Å². The van der Waals surface area contributed by atoms with E-state index >= 15 is 0 Å². The minimum Gasteiger partial charge on any atom is -0.351 e. The molecule has 1 heterocycles. The van der Waals surface area contributed by atoms with E-state index in [9.17, 15) is 4.39 Å². The first-order chi connectivity index (χ1) is 9.20. The average molecular weight is 257 g/mol. The van der Waals surface area contributed by atoms with Gasteiger partial charge in [-0.05, 0) is 30.7 Å². The first-order valence-electron chi connectivity index (χ1n) is 6.08. The number of aromatic nitrogens is 1. The summed E-state index contributed by atoms with van der Waals surface area (Å²) in [6.07, 6.45) is 3.02. The van der Waals surface area contributed by atoms with Crippen molar-refractivity contribution in [3.63, 3.8) is 0 Å². The Labute approximate surface area is 112 Å². The zero-order chi connectivity index (χ0) is 14.3. The Balaban J connectivity index is 0.000000861. The highest BCUT2D eigenvalue weighted by atomic mass is 19.1. The minimum absolute atomic E-state index is 0.333. The molecular weight excluding hydrogens is 241 g/mol. The summed E-state index contributed by atoms with van der Waals surface area (Å²) in [5, 5.41) is 11.8. The van der Waals surface area contributed by atoms with Gasteiger partial charge in [0.2, 0.25) is 0 Å². The van der Waals surface area contributed by atoms with Crippen molar-refractivity contribution in [3.8, 4) is 6.07 Å². The van der Waals surface area contributed by atoms with E-state index in [1.807, 2.05) is 26.8 Å². The van der Waals surface area contributed by atoms with Crippen LogP contribution in [0.3, 0.4) is 0 Å². The molecule has 0 bridgehead atoms. The molecule has 0 unspecified atom stereocenters. The van der Waals surface area contributed by atoms with Crippen LogP contribution in [0.2, 0.25) is 0 Å². The van der Waals surface area contributed by atoms with E-state index in [0.29, 0.717) is 16.9 Å². The quantitative estimate of drug-likeness (QED) is 0.878. The van der Waals surface area contributed by atoms with Gasteiger partial charge in [-0.1, -0.05) is 19.9 Å². The molecule has 3 nitrogen and oxygen atoms in total. The maximum atomic E-state index is 13.6. The molecule has 2 aromatic rings. The van der Waals surface area contributed by atoms with Crippen molar-refractivity contribution in [2.24, 2.45) is 0 Å². The molecule has 0 aliphatic carbocycles. The van der Waals surface area contributed by atoms with Crippen molar-refractivity contribution < 1.29 is 4.39 Å². The number of anilines is 2. The van der Waals surface area contributed by atoms with Crippen LogP contribution in [-0.4, -0.2) is 4.98 Å². The average Bonchev–Trinajstić information content (AvgIpc) is 2.45. The van der Waals surface area contributed by atoms with Gasteiger partial charge in [0.1, 0.15) is 11.9 Å². The zero-order valence-electron chi connectivity index (χ0n) is 11.2. The lowest BCUT2D eigenvalue weighted by molar-refractivity contribution is 0.630. The lowest BCUT2D eigenvalue weighted by atomic mass is 10.2. The smallest absolute Gasteiger partial charge is 0.146 e. The number of benzene rings is 1. The number of nitrogens with one attached hydrogen (secondary N) is 1. The monoisotopic (exact) mass is 257 g/mol. The molecule has 0 saturated heterocycles. The van der Waals surface area contributed by atoms with E-state index in [1.165, 1.54) is 18.5 Å². The molecule has 0 amide bonds. The summed E-state index contributed by atoms with van der Waals surface area (Å²) in [6, 6.07) is 8.47. The fourth-order valence-corrected chi connectivity index (χ4v) is 1.46. The lowest BCUT2D eigenvalue weighted by Crippen LogP contribution is -1.97. The van der Waals surface area contributed by atoms with Crippen LogP contribution in [0.15, 0.2) is 36.7 Å². The number of hydrogen-bond donors (Lipinski definition) is 1. The Kier molecular flexibility index (Phi) is 5.49. The number of pyridine rings is 1. The largest absolute Gasteiger partial charge is 0.351 e. The Morgan fingerprint density at radius 2 is 1.95 bits per heavy atom. The van der Waals surface area contributed by atoms with Gasteiger partial charge >= 0.3 is 0 Å². The second-order valence-corrected chi connectivity index (χ2v) is 3.64. The summed E-state index contributed by atoms with van der Waals surface area (Å²) >= 11 is 0. The van der Waals surface area contributed by atoms with E-state index in [2.05, 4.69) is 10.3 Å². The van der Waals surface area contributed by atoms with Crippen LogP contribution in [0.4, 0.5) is 15.8 Å².